The Bertz CT molecular complexity index is 1510. The van der Waals surface area contributed by atoms with Crippen LogP contribution in [-0.2, 0) is 17.8 Å². The standard InChI is InChI=1S/C32H29FN2O3S/c1-22-19-26(20-30-31(36)34(32(37)39-30)18-6-9-24-7-4-3-5-8-24)23(2)35(22)28-14-16-29(17-15-28)38-21-25-10-12-27(33)13-11-25/h3-5,7-8,10-17,19-20H,6,9,18,21H2,1-2H3/b30-20+. The molecule has 4 aromatic rings. The summed E-state index contributed by atoms with van der Waals surface area (Å²) in [6, 6.07) is 26.1. The summed E-state index contributed by atoms with van der Waals surface area (Å²) in [5.74, 6) is 0.214. The maximum absolute atomic E-state index is 13.1. The van der Waals surface area contributed by atoms with Crippen molar-refractivity contribution in [2.45, 2.75) is 33.3 Å². The van der Waals surface area contributed by atoms with E-state index >= 15 is 0 Å². The zero-order chi connectivity index (χ0) is 27.4. The van der Waals surface area contributed by atoms with Crippen LogP contribution in [0.3, 0.4) is 0 Å². The van der Waals surface area contributed by atoms with E-state index in [0.29, 0.717) is 23.8 Å². The summed E-state index contributed by atoms with van der Waals surface area (Å²) in [5, 5.41) is -0.218. The second kappa shape index (κ2) is 11.7. The van der Waals surface area contributed by atoms with Gasteiger partial charge in [-0.25, -0.2) is 4.39 Å². The van der Waals surface area contributed by atoms with Gasteiger partial charge in [-0.3, -0.25) is 14.5 Å². The number of carbonyl (C=O) groups excluding carboxylic acids is 2. The molecular weight excluding hydrogens is 511 g/mol. The molecule has 2 heterocycles. The molecule has 1 aliphatic heterocycles. The first kappa shape index (κ1) is 26.5. The first-order valence-corrected chi connectivity index (χ1v) is 13.7. The molecule has 0 N–H and O–H groups in total. The van der Waals surface area contributed by atoms with E-state index in [9.17, 15) is 14.0 Å². The molecule has 198 valence electrons. The molecule has 3 aromatic carbocycles. The molecule has 2 amide bonds. The predicted molar refractivity (Wildman–Crippen MR) is 153 cm³/mol. The van der Waals surface area contributed by atoms with Gasteiger partial charge in [-0.2, -0.15) is 0 Å². The van der Waals surface area contributed by atoms with E-state index in [-0.39, 0.29) is 17.0 Å². The number of rotatable bonds is 9. The molecule has 7 heteroatoms. The van der Waals surface area contributed by atoms with Crippen LogP contribution in [0.2, 0.25) is 0 Å². The normalized spacial score (nSPS) is 14.4. The molecule has 0 aliphatic carbocycles. The van der Waals surface area contributed by atoms with Crippen LogP contribution in [-0.4, -0.2) is 27.2 Å². The Labute approximate surface area is 231 Å². The van der Waals surface area contributed by atoms with Gasteiger partial charge in [0.25, 0.3) is 11.1 Å². The van der Waals surface area contributed by atoms with Gasteiger partial charge in [0.05, 0.1) is 4.91 Å². The molecule has 1 fully saturated rings. The van der Waals surface area contributed by atoms with Crippen LogP contribution in [0.5, 0.6) is 5.75 Å². The third-order valence-corrected chi connectivity index (χ3v) is 7.64. The van der Waals surface area contributed by atoms with Crippen molar-refractivity contribution >= 4 is 29.0 Å². The Kier molecular flexibility index (Phi) is 7.98. The van der Waals surface area contributed by atoms with Crippen LogP contribution >= 0.6 is 11.8 Å². The van der Waals surface area contributed by atoms with E-state index in [2.05, 4.69) is 16.7 Å². The zero-order valence-corrected chi connectivity index (χ0v) is 22.7. The van der Waals surface area contributed by atoms with Crippen LogP contribution in [0.25, 0.3) is 11.8 Å². The van der Waals surface area contributed by atoms with Crippen LogP contribution in [0, 0.1) is 19.7 Å². The quantitative estimate of drug-likeness (QED) is 0.207. The maximum atomic E-state index is 13.1. The van der Waals surface area contributed by atoms with Crippen LogP contribution in [0.1, 0.15) is 34.5 Å². The Morgan fingerprint density at radius 2 is 1.62 bits per heavy atom. The fourth-order valence-electron chi connectivity index (χ4n) is 4.69. The summed E-state index contributed by atoms with van der Waals surface area (Å²) in [5.41, 5.74) is 5.94. The second-order valence-electron chi connectivity index (χ2n) is 9.49. The number of aromatic nitrogens is 1. The van der Waals surface area contributed by atoms with Gasteiger partial charge in [0.2, 0.25) is 0 Å². The second-order valence-corrected chi connectivity index (χ2v) is 10.5. The van der Waals surface area contributed by atoms with E-state index < -0.39 is 0 Å². The van der Waals surface area contributed by atoms with Gasteiger partial charge in [0.15, 0.2) is 0 Å². The van der Waals surface area contributed by atoms with Crippen molar-refractivity contribution < 1.29 is 18.7 Å². The number of hydrogen-bond acceptors (Lipinski definition) is 4. The number of nitrogens with zero attached hydrogens (tertiary/aromatic N) is 2. The lowest BCUT2D eigenvalue weighted by molar-refractivity contribution is -0.122. The predicted octanol–water partition coefficient (Wildman–Crippen LogP) is 7.48. The van der Waals surface area contributed by atoms with E-state index in [1.54, 1.807) is 12.1 Å². The topological polar surface area (TPSA) is 51.5 Å². The summed E-state index contributed by atoms with van der Waals surface area (Å²) < 4.78 is 21.1. The third kappa shape index (κ3) is 6.15. The first-order valence-electron chi connectivity index (χ1n) is 12.8. The Balaban J connectivity index is 1.25. The lowest BCUT2D eigenvalue weighted by Crippen LogP contribution is -2.29. The number of ether oxygens (including phenoxy) is 1. The molecular formula is C32H29FN2O3S. The maximum Gasteiger partial charge on any atom is 0.293 e. The van der Waals surface area contributed by atoms with E-state index in [0.717, 1.165) is 52.8 Å². The van der Waals surface area contributed by atoms with Crippen molar-refractivity contribution in [2.75, 3.05) is 6.54 Å². The van der Waals surface area contributed by atoms with Crippen LogP contribution in [0.4, 0.5) is 9.18 Å². The van der Waals surface area contributed by atoms with Crippen molar-refractivity contribution in [1.29, 1.82) is 0 Å². The highest BCUT2D eigenvalue weighted by molar-refractivity contribution is 8.18. The summed E-state index contributed by atoms with van der Waals surface area (Å²) in [7, 11) is 0. The smallest absolute Gasteiger partial charge is 0.293 e. The SMILES string of the molecule is Cc1cc(/C=C2/SC(=O)N(CCCc3ccccc3)C2=O)c(C)n1-c1ccc(OCc2ccc(F)cc2)cc1. The number of carbonyl (C=O) groups is 2. The van der Waals surface area contributed by atoms with E-state index in [1.165, 1.54) is 22.6 Å². The minimum absolute atomic E-state index is 0.218. The molecule has 0 atom stereocenters. The molecule has 0 spiro atoms. The number of hydrogen-bond donors (Lipinski definition) is 0. The summed E-state index contributed by atoms with van der Waals surface area (Å²) in [6.07, 6.45) is 3.37. The lowest BCUT2D eigenvalue weighted by atomic mass is 10.1. The van der Waals surface area contributed by atoms with Gasteiger partial charge in [0.1, 0.15) is 18.2 Å². The molecule has 5 rings (SSSR count). The number of benzene rings is 3. The number of halogens is 1. The van der Waals surface area contributed by atoms with Crippen LogP contribution < -0.4 is 4.74 Å². The van der Waals surface area contributed by atoms with Crippen molar-refractivity contribution in [3.05, 3.63) is 124 Å². The first-order chi connectivity index (χ1) is 18.9. The van der Waals surface area contributed by atoms with Gasteiger partial charge in [-0.1, -0.05) is 42.5 Å². The summed E-state index contributed by atoms with van der Waals surface area (Å²) >= 11 is 1.00. The summed E-state index contributed by atoms with van der Waals surface area (Å²) in [4.78, 5) is 27.4. The molecule has 39 heavy (non-hydrogen) atoms. The Hall–Kier alpha value is -4.10. The Morgan fingerprint density at radius 3 is 2.33 bits per heavy atom. The number of aryl methyl sites for hydroxylation is 2. The minimum Gasteiger partial charge on any atom is -0.489 e. The molecule has 0 unspecified atom stereocenters. The van der Waals surface area contributed by atoms with Crippen molar-refractivity contribution in [2.24, 2.45) is 0 Å². The van der Waals surface area contributed by atoms with E-state index in [4.69, 9.17) is 4.74 Å². The highest BCUT2D eigenvalue weighted by Gasteiger charge is 2.34. The fraction of sp³-hybridized carbons (Fsp3) is 0.188. The third-order valence-electron chi connectivity index (χ3n) is 6.73. The molecule has 0 bridgehead atoms. The van der Waals surface area contributed by atoms with Gasteiger partial charge in [0, 0.05) is 23.6 Å². The molecule has 5 nitrogen and oxygen atoms in total. The highest BCUT2D eigenvalue weighted by Crippen LogP contribution is 2.34. The largest absolute Gasteiger partial charge is 0.489 e. The number of imide groups is 1. The minimum atomic E-state index is -0.269. The fourth-order valence-corrected chi connectivity index (χ4v) is 5.55. The Morgan fingerprint density at radius 1 is 0.897 bits per heavy atom. The lowest BCUT2D eigenvalue weighted by Gasteiger charge is -2.12. The van der Waals surface area contributed by atoms with Crippen molar-refractivity contribution in [1.82, 2.24) is 9.47 Å². The van der Waals surface area contributed by atoms with E-state index in [1.807, 2.05) is 68.5 Å². The van der Waals surface area contributed by atoms with Gasteiger partial charge in [-0.05, 0) is 104 Å². The van der Waals surface area contributed by atoms with Gasteiger partial charge < -0.3 is 9.30 Å². The van der Waals surface area contributed by atoms with Crippen molar-refractivity contribution in [3.8, 4) is 11.4 Å². The monoisotopic (exact) mass is 540 g/mol. The van der Waals surface area contributed by atoms with Crippen LogP contribution in [0.15, 0.2) is 89.8 Å². The molecule has 0 saturated carbocycles. The van der Waals surface area contributed by atoms with Gasteiger partial charge in [-0.15, -0.1) is 0 Å². The molecule has 1 aliphatic rings. The summed E-state index contributed by atoms with van der Waals surface area (Å²) in [6.45, 7) is 4.78. The zero-order valence-electron chi connectivity index (χ0n) is 21.9. The number of amides is 2. The van der Waals surface area contributed by atoms with Gasteiger partial charge >= 0.3 is 0 Å². The van der Waals surface area contributed by atoms with Crippen molar-refractivity contribution in [3.63, 3.8) is 0 Å². The molecule has 0 radical (unpaired) electrons. The highest BCUT2D eigenvalue weighted by atomic mass is 32.2. The number of thioether (sulfide) groups is 1. The average molecular weight is 541 g/mol. The molecule has 1 saturated heterocycles. The average Bonchev–Trinajstić information content (AvgIpc) is 3.37. The molecule has 1 aromatic heterocycles.